The van der Waals surface area contributed by atoms with Gasteiger partial charge in [-0.1, -0.05) is 49.0 Å². The molecule has 1 unspecified atom stereocenters. The second-order valence-corrected chi connectivity index (χ2v) is 7.05. The van der Waals surface area contributed by atoms with Gasteiger partial charge in [0.1, 0.15) is 11.5 Å². The van der Waals surface area contributed by atoms with Crippen molar-refractivity contribution < 1.29 is 10.2 Å². The Balaban J connectivity index is 1.90. The van der Waals surface area contributed by atoms with E-state index in [1.807, 2.05) is 49.4 Å². The molecule has 0 saturated carbocycles. The second kappa shape index (κ2) is 7.02. The summed E-state index contributed by atoms with van der Waals surface area (Å²) in [6.07, 6.45) is 0. The third kappa shape index (κ3) is 3.57. The van der Waals surface area contributed by atoms with Crippen LogP contribution in [0.3, 0.4) is 0 Å². The zero-order chi connectivity index (χ0) is 17.1. The van der Waals surface area contributed by atoms with E-state index in [0.29, 0.717) is 11.5 Å². The predicted octanol–water partition coefficient (Wildman–Crippen LogP) is 5.71. The highest BCUT2D eigenvalue weighted by Crippen LogP contribution is 2.37. The number of phenols is 2. The van der Waals surface area contributed by atoms with Crippen LogP contribution in [0.2, 0.25) is 0 Å². The number of aromatic hydroxyl groups is 2. The quantitative estimate of drug-likeness (QED) is 0.641. The largest absolute Gasteiger partial charge is 0.508 e. The molecule has 0 aliphatic heterocycles. The fourth-order valence-corrected chi connectivity index (χ4v) is 3.66. The number of phenolic OH excluding ortho intramolecular Hbond substituents is 2. The summed E-state index contributed by atoms with van der Waals surface area (Å²) < 4.78 is 0. The Morgan fingerprint density at radius 1 is 0.792 bits per heavy atom. The summed E-state index contributed by atoms with van der Waals surface area (Å²) in [5, 5.41) is 19.9. The molecule has 3 rings (SSSR count). The summed E-state index contributed by atoms with van der Waals surface area (Å²) >= 11 is 1.62. The zero-order valence-electron chi connectivity index (χ0n) is 13.7. The summed E-state index contributed by atoms with van der Waals surface area (Å²) in [6.45, 7) is 3.99. The lowest BCUT2D eigenvalue weighted by Gasteiger charge is -2.15. The van der Waals surface area contributed by atoms with Crippen LogP contribution in [0, 0.1) is 6.92 Å². The van der Waals surface area contributed by atoms with E-state index in [9.17, 15) is 10.2 Å². The summed E-state index contributed by atoms with van der Waals surface area (Å²) in [7, 11) is 0. The van der Waals surface area contributed by atoms with Gasteiger partial charge in [0.15, 0.2) is 0 Å². The average molecular weight is 336 g/mol. The minimum atomic E-state index is 0.119. The maximum Gasteiger partial charge on any atom is 0.119 e. The first-order chi connectivity index (χ1) is 11.5. The summed E-state index contributed by atoms with van der Waals surface area (Å²) in [5.74, 6) is 0.745. The molecule has 0 aliphatic rings. The molecule has 3 heteroatoms. The molecule has 0 spiro atoms. The van der Waals surface area contributed by atoms with Crippen LogP contribution in [0.1, 0.15) is 29.5 Å². The Morgan fingerprint density at radius 3 is 2.08 bits per heavy atom. The van der Waals surface area contributed by atoms with Gasteiger partial charge in [0, 0.05) is 21.3 Å². The molecule has 0 saturated heterocycles. The Bertz CT molecular complexity index is 844. The fourth-order valence-electron chi connectivity index (χ4n) is 2.69. The van der Waals surface area contributed by atoms with Gasteiger partial charge in [-0.2, -0.15) is 0 Å². The van der Waals surface area contributed by atoms with E-state index in [2.05, 4.69) is 19.1 Å². The zero-order valence-corrected chi connectivity index (χ0v) is 14.5. The molecule has 122 valence electrons. The molecule has 2 nitrogen and oxygen atoms in total. The van der Waals surface area contributed by atoms with Crippen molar-refractivity contribution in [2.24, 2.45) is 0 Å². The topological polar surface area (TPSA) is 40.5 Å². The molecule has 0 heterocycles. The normalized spacial score (nSPS) is 12.1. The molecular weight excluding hydrogens is 316 g/mol. The highest BCUT2D eigenvalue weighted by Gasteiger charge is 2.14. The number of aryl methyl sites for hydroxylation is 1. The van der Waals surface area contributed by atoms with E-state index in [-0.39, 0.29) is 5.92 Å². The van der Waals surface area contributed by atoms with E-state index >= 15 is 0 Å². The number of rotatable bonds is 4. The van der Waals surface area contributed by atoms with Crippen molar-refractivity contribution >= 4 is 11.8 Å². The average Bonchev–Trinajstić information content (AvgIpc) is 2.60. The van der Waals surface area contributed by atoms with Crippen molar-refractivity contribution in [3.8, 4) is 11.5 Å². The van der Waals surface area contributed by atoms with Crippen LogP contribution in [0.5, 0.6) is 11.5 Å². The molecule has 2 N–H and O–H groups in total. The minimum absolute atomic E-state index is 0.119. The van der Waals surface area contributed by atoms with Gasteiger partial charge in [-0.25, -0.2) is 0 Å². The Hall–Kier alpha value is -2.39. The number of hydrogen-bond donors (Lipinski definition) is 2. The first-order valence-electron chi connectivity index (χ1n) is 7.90. The number of benzene rings is 3. The Morgan fingerprint density at radius 2 is 1.42 bits per heavy atom. The van der Waals surface area contributed by atoms with Crippen LogP contribution in [0.25, 0.3) is 0 Å². The van der Waals surface area contributed by atoms with E-state index < -0.39 is 0 Å². The van der Waals surface area contributed by atoms with E-state index in [0.717, 1.165) is 20.9 Å². The predicted molar refractivity (Wildman–Crippen MR) is 99.0 cm³/mol. The highest BCUT2D eigenvalue weighted by atomic mass is 32.2. The van der Waals surface area contributed by atoms with Gasteiger partial charge in [-0.3, -0.25) is 0 Å². The second-order valence-electron chi connectivity index (χ2n) is 5.90. The third-order valence-corrected chi connectivity index (χ3v) is 5.15. The van der Waals surface area contributed by atoms with Gasteiger partial charge in [0.2, 0.25) is 0 Å². The Kier molecular flexibility index (Phi) is 4.81. The molecule has 0 aromatic heterocycles. The lowest BCUT2D eigenvalue weighted by Crippen LogP contribution is -1.96. The van der Waals surface area contributed by atoms with Crippen LogP contribution in [0.15, 0.2) is 76.5 Å². The molecule has 24 heavy (non-hydrogen) atoms. The van der Waals surface area contributed by atoms with E-state index in [1.165, 1.54) is 5.56 Å². The maximum atomic E-state index is 10.3. The first kappa shape index (κ1) is 16.5. The highest BCUT2D eigenvalue weighted by molar-refractivity contribution is 7.99. The first-order valence-corrected chi connectivity index (χ1v) is 8.71. The van der Waals surface area contributed by atoms with E-state index in [1.54, 1.807) is 23.9 Å². The monoisotopic (exact) mass is 336 g/mol. The van der Waals surface area contributed by atoms with E-state index in [4.69, 9.17) is 0 Å². The van der Waals surface area contributed by atoms with Gasteiger partial charge in [0.05, 0.1) is 0 Å². The molecule has 3 aromatic rings. The molecule has 0 amide bonds. The van der Waals surface area contributed by atoms with Gasteiger partial charge < -0.3 is 10.2 Å². The lowest BCUT2D eigenvalue weighted by atomic mass is 9.92. The smallest absolute Gasteiger partial charge is 0.119 e. The molecule has 0 radical (unpaired) electrons. The van der Waals surface area contributed by atoms with Crippen LogP contribution in [-0.4, -0.2) is 10.2 Å². The van der Waals surface area contributed by atoms with Gasteiger partial charge in [-0.15, -0.1) is 0 Å². The van der Waals surface area contributed by atoms with Crippen molar-refractivity contribution in [1.29, 1.82) is 0 Å². The third-order valence-electron chi connectivity index (χ3n) is 4.17. The van der Waals surface area contributed by atoms with Crippen LogP contribution >= 0.6 is 11.8 Å². The summed E-state index contributed by atoms with van der Waals surface area (Å²) in [6, 6.07) is 21.5. The molecular formula is C21H20O2S. The van der Waals surface area contributed by atoms with Crippen molar-refractivity contribution in [2.75, 3.05) is 0 Å². The van der Waals surface area contributed by atoms with Crippen LogP contribution in [0.4, 0.5) is 0 Å². The van der Waals surface area contributed by atoms with Gasteiger partial charge >= 0.3 is 0 Å². The molecule has 3 aromatic carbocycles. The van der Waals surface area contributed by atoms with Crippen LogP contribution < -0.4 is 0 Å². The fraction of sp³-hybridized carbons (Fsp3) is 0.143. The molecule has 0 bridgehead atoms. The number of hydrogen-bond acceptors (Lipinski definition) is 3. The Labute approximate surface area is 146 Å². The van der Waals surface area contributed by atoms with Gasteiger partial charge in [0.25, 0.3) is 0 Å². The minimum Gasteiger partial charge on any atom is -0.508 e. The van der Waals surface area contributed by atoms with Crippen molar-refractivity contribution in [2.45, 2.75) is 29.6 Å². The summed E-state index contributed by atoms with van der Waals surface area (Å²) in [5.41, 5.74) is 2.95. The van der Waals surface area contributed by atoms with Crippen molar-refractivity contribution in [3.05, 3.63) is 83.4 Å². The van der Waals surface area contributed by atoms with Crippen molar-refractivity contribution in [3.63, 3.8) is 0 Å². The van der Waals surface area contributed by atoms with Crippen LogP contribution in [-0.2, 0) is 0 Å². The van der Waals surface area contributed by atoms with Crippen molar-refractivity contribution in [1.82, 2.24) is 0 Å². The molecule has 1 atom stereocenters. The molecule has 0 aliphatic carbocycles. The SMILES string of the molecule is Cc1cc(Sc2ccc(O)c(C(C)c3ccccc3)c2)ccc1O. The van der Waals surface area contributed by atoms with Gasteiger partial charge in [-0.05, 0) is 54.4 Å². The summed E-state index contributed by atoms with van der Waals surface area (Å²) in [4.78, 5) is 2.13. The standard InChI is InChI=1S/C21H20O2S/c1-14-12-17(8-10-20(14)22)24-18-9-11-21(23)19(13-18)15(2)16-6-4-3-5-7-16/h3-13,15,22-23H,1-2H3. The maximum absolute atomic E-state index is 10.3. The lowest BCUT2D eigenvalue weighted by molar-refractivity contribution is 0.465. The molecule has 0 fully saturated rings.